The maximum atomic E-state index is 14.7. The topological polar surface area (TPSA) is 56.1 Å². The number of pyridine rings is 1. The molecule has 0 unspecified atom stereocenters. The smallest absolute Gasteiger partial charge is 0.303 e. The highest BCUT2D eigenvalue weighted by atomic mass is 35.5. The van der Waals surface area contributed by atoms with Gasteiger partial charge >= 0.3 is 6.18 Å². The second kappa shape index (κ2) is 11.0. The second-order valence-electron chi connectivity index (χ2n) is 9.59. The van der Waals surface area contributed by atoms with Gasteiger partial charge in [0, 0.05) is 11.6 Å². The van der Waals surface area contributed by atoms with Crippen LogP contribution in [0.1, 0.15) is 18.1 Å². The first-order valence-corrected chi connectivity index (χ1v) is 14.6. The van der Waals surface area contributed by atoms with E-state index in [-0.39, 0.29) is 45.1 Å². The minimum Gasteiger partial charge on any atom is -0.303 e. The van der Waals surface area contributed by atoms with Crippen LogP contribution in [0.5, 0.6) is 0 Å². The van der Waals surface area contributed by atoms with Crippen molar-refractivity contribution in [3.8, 4) is 22.4 Å². The predicted molar refractivity (Wildman–Crippen MR) is 152 cm³/mol. The van der Waals surface area contributed by atoms with Crippen LogP contribution in [0.3, 0.4) is 0 Å². The third kappa shape index (κ3) is 5.69. The number of alkyl halides is 3. The lowest BCUT2D eigenvalue weighted by Crippen LogP contribution is -2.23. The van der Waals surface area contributed by atoms with E-state index in [1.54, 1.807) is 30.3 Å². The van der Waals surface area contributed by atoms with E-state index in [2.05, 4.69) is 0 Å². The average Bonchev–Trinajstić information content (AvgIpc) is 2.95. The third-order valence-electron chi connectivity index (χ3n) is 6.90. The van der Waals surface area contributed by atoms with Crippen LogP contribution < -0.4 is 5.56 Å². The Kier molecular flexibility index (Phi) is 7.72. The molecule has 0 atom stereocenters. The number of hydrogen-bond acceptors (Lipinski definition) is 3. The Hall–Kier alpha value is -4.02. The van der Waals surface area contributed by atoms with Crippen molar-refractivity contribution < 1.29 is 30.4 Å². The molecule has 0 radical (unpaired) electrons. The van der Waals surface area contributed by atoms with E-state index in [0.717, 1.165) is 12.1 Å². The molecule has 11 heteroatoms. The van der Waals surface area contributed by atoms with Gasteiger partial charge in [-0.3, -0.25) is 4.79 Å². The summed E-state index contributed by atoms with van der Waals surface area (Å²) in [6, 6.07) is 18.3. The van der Waals surface area contributed by atoms with Crippen molar-refractivity contribution in [2.45, 2.75) is 24.5 Å². The molecule has 0 aliphatic rings. The van der Waals surface area contributed by atoms with Gasteiger partial charge in [-0.05, 0) is 64.5 Å². The zero-order chi connectivity index (χ0) is 30.4. The molecule has 0 aliphatic carbocycles. The lowest BCUT2D eigenvalue weighted by molar-refractivity contribution is -0.137. The number of benzene rings is 4. The summed E-state index contributed by atoms with van der Waals surface area (Å²) in [5, 5.41) is 0.813. The van der Waals surface area contributed by atoms with Gasteiger partial charge in [0.1, 0.15) is 11.6 Å². The van der Waals surface area contributed by atoms with E-state index in [1.807, 2.05) is 0 Å². The predicted octanol–water partition coefficient (Wildman–Crippen LogP) is 8.13. The molecule has 4 nitrogen and oxygen atoms in total. The first-order chi connectivity index (χ1) is 19.8. The molecule has 0 spiro atoms. The number of fused-ring (bicyclic) bond motifs is 1. The number of nitrogens with zero attached hydrogens (tertiary/aromatic N) is 1. The highest BCUT2D eigenvalue weighted by Crippen LogP contribution is 2.36. The van der Waals surface area contributed by atoms with Gasteiger partial charge in [-0.1, -0.05) is 54.9 Å². The molecule has 0 aliphatic heterocycles. The van der Waals surface area contributed by atoms with Crippen molar-refractivity contribution in [3.05, 3.63) is 123 Å². The molecule has 42 heavy (non-hydrogen) atoms. The zero-order valence-electron chi connectivity index (χ0n) is 21.8. The fraction of sp³-hybridized carbons (Fsp3) is 0.129. The first kappa shape index (κ1) is 29.5. The fourth-order valence-electron chi connectivity index (χ4n) is 4.71. The summed E-state index contributed by atoms with van der Waals surface area (Å²) in [7, 11) is -3.98. The van der Waals surface area contributed by atoms with Crippen molar-refractivity contribution in [2.24, 2.45) is 0 Å². The summed E-state index contributed by atoms with van der Waals surface area (Å²) in [5.74, 6) is -2.04. The van der Waals surface area contributed by atoms with Gasteiger partial charge < -0.3 is 4.57 Å². The average molecular weight is 618 g/mol. The summed E-state index contributed by atoms with van der Waals surface area (Å²) in [6.45, 7) is 1.04. The Morgan fingerprint density at radius 1 is 0.833 bits per heavy atom. The third-order valence-corrected chi connectivity index (χ3v) is 8.93. The standard InChI is InChI=1S/C31H21ClF5NO3S/c1-2-42(40,41)25-13-22(12-23(15-25)31(35,36)37)18-5-3-6-19(11-18)28-14-20-7-4-8-26(32)29(20)30(39)38(28)17-21-9-10-24(33)16-27(21)34/h3-16H,2,17H2,1H3. The molecule has 0 N–H and O–H groups in total. The molecule has 1 aromatic heterocycles. The molecule has 4 aromatic carbocycles. The molecular formula is C31H21ClF5NO3S. The van der Waals surface area contributed by atoms with Gasteiger partial charge in [0.05, 0.1) is 38.9 Å². The van der Waals surface area contributed by atoms with E-state index in [4.69, 9.17) is 11.6 Å². The minimum atomic E-state index is -4.80. The van der Waals surface area contributed by atoms with E-state index in [1.165, 1.54) is 41.8 Å². The summed E-state index contributed by atoms with van der Waals surface area (Å²) in [6.07, 6.45) is -4.80. The Morgan fingerprint density at radius 2 is 1.55 bits per heavy atom. The van der Waals surface area contributed by atoms with Crippen LogP contribution in [0.15, 0.2) is 94.6 Å². The van der Waals surface area contributed by atoms with Crippen LogP contribution in [-0.4, -0.2) is 18.7 Å². The molecule has 0 saturated carbocycles. The molecule has 1 heterocycles. The zero-order valence-corrected chi connectivity index (χ0v) is 23.4. The summed E-state index contributed by atoms with van der Waals surface area (Å²) in [4.78, 5) is 13.2. The van der Waals surface area contributed by atoms with Crippen LogP contribution in [0.4, 0.5) is 22.0 Å². The number of hydrogen-bond donors (Lipinski definition) is 0. The van der Waals surface area contributed by atoms with E-state index in [0.29, 0.717) is 23.1 Å². The first-order valence-electron chi connectivity index (χ1n) is 12.6. The number of sulfone groups is 1. The molecule has 5 aromatic rings. The summed E-state index contributed by atoms with van der Waals surface area (Å²) < 4.78 is 95.8. The maximum absolute atomic E-state index is 14.7. The van der Waals surface area contributed by atoms with Crippen molar-refractivity contribution in [2.75, 3.05) is 5.75 Å². The Bertz CT molecular complexity index is 2020. The van der Waals surface area contributed by atoms with Crippen LogP contribution in [0.25, 0.3) is 33.2 Å². The quantitative estimate of drug-likeness (QED) is 0.181. The molecule has 0 saturated heterocycles. The molecular weight excluding hydrogens is 597 g/mol. The lowest BCUT2D eigenvalue weighted by Gasteiger charge is -2.17. The normalized spacial score (nSPS) is 12.2. The molecule has 0 bridgehead atoms. The van der Waals surface area contributed by atoms with Crippen LogP contribution >= 0.6 is 11.6 Å². The van der Waals surface area contributed by atoms with Crippen molar-refractivity contribution in [1.29, 1.82) is 0 Å². The van der Waals surface area contributed by atoms with E-state index >= 15 is 0 Å². The molecule has 0 fully saturated rings. The highest BCUT2D eigenvalue weighted by Gasteiger charge is 2.32. The maximum Gasteiger partial charge on any atom is 0.416 e. The van der Waals surface area contributed by atoms with Gasteiger partial charge in [0.25, 0.3) is 5.56 Å². The Labute approximate surface area is 242 Å². The summed E-state index contributed by atoms with van der Waals surface area (Å²) >= 11 is 6.33. The van der Waals surface area contributed by atoms with Gasteiger partial charge in [-0.15, -0.1) is 0 Å². The highest BCUT2D eigenvalue weighted by molar-refractivity contribution is 7.91. The van der Waals surface area contributed by atoms with Crippen molar-refractivity contribution in [1.82, 2.24) is 4.57 Å². The monoisotopic (exact) mass is 617 g/mol. The van der Waals surface area contributed by atoms with Gasteiger partial charge in [0.2, 0.25) is 0 Å². The van der Waals surface area contributed by atoms with Gasteiger partial charge in [-0.2, -0.15) is 13.2 Å². The van der Waals surface area contributed by atoms with Gasteiger partial charge in [-0.25, -0.2) is 17.2 Å². The van der Waals surface area contributed by atoms with Crippen molar-refractivity contribution in [3.63, 3.8) is 0 Å². The Balaban J connectivity index is 1.74. The van der Waals surface area contributed by atoms with Gasteiger partial charge in [0.15, 0.2) is 9.84 Å². The largest absolute Gasteiger partial charge is 0.416 e. The summed E-state index contributed by atoms with van der Waals surface area (Å²) in [5.41, 5.74) is -0.737. The minimum absolute atomic E-state index is 0.000935. The molecule has 5 rings (SSSR count). The lowest BCUT2D eigenvalue weighted by atomic mass is 9.98. The number of halogens is 6. The SMILES string of the molecule is CCS(=O)(=O)c1cc(-c2cccc(-c3cc4cccc(Cl)c4c(=O)n3Cc3ccc(F)cc3F)c2)cc(C(F)(F)F)c1. The second-order valence-corrected chi connectivity index (χ2v) is 12.3. The van der Waals surface area contributed by atoms with Crippen LogP contribution in [-0.2, 0) is 22.6 Å². The Morgan fingerprint density at radius 3 is 2.24 bits per heavy atom. The number of aromatic nitrogens is 1. The van der Waals surface area contributed by atoms with E-state index < -0.39 is 43.7 Å². The van der Waals surface area contributed by atoms with E-state index in [9.17, 15) is 35.2 Å². The number of rotatable bonds is 6. The molecule has 216 valence electrons. The van der Waals surface area contributed by atoms with Crippen molar-refractivity contribution >= 4 is 32.2 Å². The van der Waals surface area contributed by atoms with Crippen LogP contribution in [0.2, 0.25) is 5.02 Å². The molecule has 0 amide bonds. The van der Waals surface area contributed by atoms with Crippen LogP contribution in [0, 0.1) is 11.6 Å². The fourth-order valence-corrected chi connectivity index (χ4v) is 5.92.